The Morgan fingerprint density at radius 3 is 2.82 bits per heavy atom. The van der Waals surface area contributed by atoms with Crippen molar-refractivity contribution < 1.29 is 9.53 Å². The van der Waals surface area contributed by atoms with Crippen molar-refractivity contribution in [3.63, 3.8) is 0 Å². The van der Waals surface area contributed by atoms with E-state index in [1.165, 1.54) is 0 Å². The van der Waals surface area contributed by atoms with Gasteiger partial charge in [-0.2, -0.15) is 0 Å². The molecule has 1 N–H and O–H groups in total. The molecular weight excluding hydrogens is 144 g/mol. The number of carbonyl (C=O) groups excluding carboxylic acids is 1. The molecule has 0 aromatic rings. The molecule has 0 unspecified atom stereocenters. The predicted molar refractivity (Wildman–Crippen MR) is 41.4 cm³/mol. The highest BCUT2D eigenvalue weighted by Gasteiger charge is 2.29. The van der Waals surface area contributed by atoms with Crippen molar-refractivity contribution in [2.45, 2.75) is 13.0 Å². The Morgan fingerprint density at radius 2 is 2.36 bits per heavy atom. The van der Waals surface area contributed by atoms with Gasteiger partial charge in [-0.25, -0.2) is 4.79 Å². The molecule has 1 heterocycles. The van der Waals surface area contributed by atoms with Crippen molar-refractivity contribution in [3.8, 4) is 0 Å². The Morgan fingerprint density at radius 1 is 1.73 bits per heavy atom. The molecule has 0 saturated carbocycles. The van der Waals surface area contributed by atoms with Gasteiger partial charge < -0.3 is 15.0 Å². The molecule has 0 bridgehead atoms. The molecule has 4 heteroatoms. The zero-order chi connectivity index (χ0) is 8.27. The fourth-order valence-corrected chi connectivity index (χ4v) is 1.10. The number of likely N-dealkylation sites (tertiary alicyclic amines) is 1. The Hall–Kier alpha value is -0.770. The summed E-state index contributed by atoms with van der Waals surface area (Å²) < 4.78 is 5.28. The van der Waals surface area contributed by atoms with Crippen LogP contribution in [0.5, 0.6) is 0 Å². The number of amides is 2. The molecule has 2 amide bonds. The van der Waals surface area contributed by atoms with E-state index in [4.69, 9.17) is 4.74 Å². The molecule has 11 heavy (non-hydrogen) atoms. The van der Waals surface area contributed by atoms with Gasteiger partial charge in [0.15, 0.2) is 0 Å². The zero-order valence-corrected chi connectivity index (χ0v) is 6.96. The first kappa shape index (κ1) is 8.33. The van der Waals surface area contributed by atoms with Crippen LogP contribution in [-0.2, 0) is 4.74 Å². The van der Waals surface area contributed by atoms with Gasteiger partial charge in [0, 0.05) is 13.7 Å². The van der Waals surface area contributed by atoms with Crippen LogP contribution in [0.15, 0.2) is 0 Å². The van der Waals surface area contributed by atoms with Crippen molar-refractivity contribution in [2.24, 2.45) is 0 Å². The van der Waals surface area contributed by atoms with Crippen molar-refractivity contribution in [2.75, 3.05) is 26.7 Å². The lowest BCUT2D eigenvalue weighted by molar-refractivity contribution is -0.0296. The molecule has 64 valence electrons. The Kier molecular flexibility index (Phi) is 2.70. The van der Waals surface area contributed by atoms with Gasteiger partial charge in [0.25, 0.3) is 0 Å². The first-order chi connectivity index (χ1) is 5.27. The number of hydrogen-bond acceptors (Lipinski definition) is 2. The maximum atomic E-state index is 10.9. The molecule has 0 aromatic carbocycles. The lowest BCUT2D eigenvalue weighted by atomic mass is 10.2. The van der Waals surface area contributed by atoms with Crippen LogP contribution < -0.4 is 5.32 Å². The van der Waals surface area contributed by atoms with Crippen LogP contribution in [0.1, 0.15) is 6.92 Å². The summed E-state index contributed by atoms with van der Waals surface area (Å²) in [6, 6.07) is -0.0130. The summed E-state index contributed by atoms with van der Waals surface area (Å²) in [6.07, 6.45) is 0.261. The van der Waals surface area contributed by atoms with E-state index in [9.17, 15) is 4.79 Å². The van der Waals surface area contributed by atoms with E-state index in [2.05, 4.69) is 5.32 Å². The smallest absolute Gasteiger partial charge is 0.317 e. The van der Waals surface area contributed by atoms with Crippen LogP contribution in [0.2, 0.25) is 0 Å². The minimum atomic E-state index is -0.0130. The first-order valence-corrected chi connectivity index (χ1v) is 3.86. The second kappa shape index (κ2) is 3.57. The fourth-order valence-electron chi connectivity index (χ4n) is 1.10. The molecule has 1 aliphatic rings. The summed E-state index contributed by atoms with van der Waals surface area (Å²) in [5.41, 5.74) is 0. The molecule has 0 atom stereocenters. The third kappa shape index (κ3) is 1.83. The third-order valence-electron chi connectivity index (χ3n) is 1.75. The highest BCUT2D eigenvalue weighted by Crippen LogP contribution is 2.10. The minimum Gasteiger partial charge on any atom is -0.375 e. The maximum Gasteiger partial charge on any atom is 0.317 e. The van der Waals surface area contributed by atoms with Crippen molar-refractivity contribution in [1.29, 1.82) is 0 Å². The average molecular weight is 158 g/mol. The minimum absolute atomic E-state index is 0.0130. The highest BCUT2D eigenvalue weighted by atomic mass is 16.5. The average Bonchev–Trinajstić information content (AvgIpc) is 1.94. The lowest BCUT2D eigenvalue weighted by Crippen LogP contribution is -2.57. The maximum absolute atomic E-state index is 10.9. The summed E-state index contributed by atoms with van der Waals surface area (Å²) in [5, 5.41) is 2.56. The monoisotopic (exact) mass is 158 g/mol. The van der Waals surface area contributed by atoms with Gasteiger partial charge in [-0.05, 0) is 6.92 Å². The predicted octanol–water partition coefficient (Wildman–Crippen LogP) is 0.0465. The molecular formula is C7H14N2O2. The Balaban J connectivity index is 2.13. The van der Waals surface area contributed by atoms with Crippen LogP contribution in [0, 0.1) is 0 Å². The molecule has 4 nitrogen and oxygen atoms in total. The lowest BCUT2D eigenvalue weighted by Gasteiger charge is -2.38. The molecule has 1 fully saturated rings. The Labute approximate surface area is 66.5 Å². The molecule has 1 saturated heterocycles. The quantitative estimate of drug-likeness (QED) is 0.616. The number of carbonyl (C=O) groups is 1. The first-order valence-electron chi connectivity index (χ1n) is 3.86. The third-order valence-corrected chi connectivity index (χ3v) is 1.75. The summed E-state index contributed by atoms with van der Waals surface area (Å²) in [4.78, 5) is 12.6. The normalized spacial score (nSPS) is 17.8. The van der Waals surface area contributed by atoms with E-state index in [0.717, 1.165) is 19.7 Å². The summed E-state index contributed by atoms with van der Waals surface area (Å²) in [5.74, 6) is 0. The SMILES string of the molecule is CCOC1CN(C(=O)NC)C1. The largest absolute Gasteiger partial charge is 0.375 e. The number of ether oxygens (including phenoxy) is 1. The van der Waals surface area contributed by atoms with E-state index in [1.54, 1.807) is 11.9 Å². The van der Waals surface area contributed by atoms with Crippen LogP contribution in [0.3, 0.4) is 0 Å². The van der Waals surface area contributed by atoms with Crippen LogP contribution in [-0.4, -0.2) is 43.8 Å². The van der Waals surface area contributed by atoms with Gasteiger partial charge in [0.1, 0.15) is 0 Å². The van der Waals surface area contributed by atoms with Crippen LogP contribution in [0.4, 0.5) is 4.79 Å². The van der Waals surface area contributed by atoms with Gasteiger partial charge in [-0.1, -0.05) is 0 Å². The molecule has 0 radical (unpaired) electrons. The second-order valence-corrected chi connectivity index (χ2v) is 2.54. The highest BCUT2D eigenvalue weighted by molar-refractivity contribution is 5.74. The van der Waals surface area contributed by atoms with E-state index in [0.29, 0.717) is 0 Å². The second-order valence-electron chi connectivity index (χ2n) is 2.54. The number of nitrogens with one attached hydrogen (secondary N) is 1. The molecule has 1 aliphatic heterocycles. The van der Waals surface area contributed by atoms with Gasteiger partial charge in [-0.15, -0.1) is 0 Å². The van der Waals surface area contributed by atoms with Crippen molar-refractivity contribution in [1.82, 2.24) is 10.2 Å². The van der Waals surface area contributed by atoms with Gasteiger partial charge in [0.05, 0.1) is 19.2 Å². The van der Waals surface area contributed by atoms with E-state index >= 15 is 0 Å². The van der Waals surface area contributed by atoms with E-state index < -0.39 is 0 Å². The van der Waals surface area contributed by atoms with Crippen molar-refractivity contribution in [3.05, 3.63) is 0 Å². The van der Waals surface area contributed by atoms with Crippen LogP contribution in [0.25, 0.3) is 0 Å². The fraction of sp³-hybridized carbons (Fsp3) is 0.857. The summed E-state index contributed by atoms with van der Waals surface area (Å²) >= 11 is 0. The van der Waals surface area contributed by atoms with Crippen molar-refractivity contribution >= 4 is 6.03 Å². The molecule has 1 rings (SSSR count). The summed E-state index contributed by atoms with van der Waals surface area (Å²) in [6.45, 7) is 4.15. The molecule has 0 aliphatic carbocycles. The Bertz CT molecular complexity index is 143. The zero-order valence-electron chi connectivity index (χ0n) is 6.96. The number of nitrogens with zero attached hydrogens (tertiary/aromatic N) is 1. The topological polar surface area (TPSA) is 41.6 Å². The number of rotatable bonds is 2. The number of urea groups is 1. The number of hydrogen-bond donors (Lipinski definition) is 1. The van der Waals surface area contributed by atoms with Gasteiger partial charge in [-0.3, -0.25) is 0 Å². The molecule has 0 aromatic heterocycles. The van der Waals surface area contributed by atoms with Gasteiger partial charge >= 0.3 is 6.03 Å². The standard InChI is InChI=1S/C7H14N2O2/c1-3-11-6-4-9(5-6)7(10)8-2/h6H,3-5H2,1-2H3,(H,8,10). The molecule has 0 spiro atoms. The van der Waals surface area contributed by atoms with E-state index in [1.807, 2.05) is 6.92 Å². The van der Waals surface area contributed by atoms with Gasteiger partial charge in [0.2, 0.25) is 0 Å². The summed E-state index contributed by atoms with van der Waals surface area (Å²) in [7, 11) is 1.64. The van der Waals surface area contributed by atoms with E-state index in [-0.39, 0.29) is 12.1 Å². The van der Waals surface area contributed by atoms with Crippen LogP contribution >= 0.6 is 0 Å².